The van der Waals surface area contributed by atoms with Crippen molar-refractivity contribution in [1.29, 1.82) is 0 Å². The molecule has 2 aromatic carbocycles. The van der Waals surface area contributed by atoms with Gasteiger partial charge in [0.2, 0.25) is 17.7 Å². The van der Waals surface area contributed by atoms with Crippen molar-refractivity contribution in [3.05, 3.63) is 58.1 Å². The lowest BCUT2D eigenvalue weighted by Gasteiger charge is -2.39. The van der Waals surface area contributed by atoms with Gasteiger partial charge in [-0.3, -0.25) is 19.7 Å². The molecule has 3 fully saturated rings. The molecule has 1 atom stereocenters. The van der Waals surface area contributed by atoms with E-state index >= 15 is 0 Å². The molecule has 0 saturated carbocycles. The first kappa shape index (κ1) is 27.6. The number of primary amides is 1. The molecule has 3 heterocycles. The molecule has 3 aliphatic rings. The van der Waals surface area contributed by atoms with Crippen LogP contribution in [0.1, 0.15) is 54.4 Å². The third-order valence-electron chi connectivity index (χ3n) is 7.99. The van der Waals surface area contributed by atoms with Crippen molar-refractivity contribution in [2.75, 3.05) is 36.0 Å². The van der Waals surface area contributed by atoms with E-state index in [1.165, 1.54) is 5.69 Å². The van der Waals surface area contributed by atoms with Crippen molar-refractivity contribution < 1.29 is 19.1 Å². The standard InChI is InChI=1S/C29H36BrN5O4/c30-24-2-1-3-26(23(24)18-32-25-8-9-27(36)33-29(25)38)35-16-12-22(13-17-35)39-21-10-14-34(15-11-21)20-6-4-19(5-7-20)28(31)37/h1-7,21-22,25,32H,8-18H2,(H2,31,37)(H,33,36,38). The number of amides is 3. The van der Waals surface area contributed by atoms with Crippen LogP contribution in [0.25, 0.3) is 0 Å². The monoisotopic (exact) mass is 597 g/mol. The summed E-state index contributed by atoms with van der Waals surface area (Å²) in [4.78, 5) is 39.7. The molecule has 9 nitrogen and oxygen atoms in total. The highest BCUT2D eigenvalue weighted by molar-refractivity contribution is 9.10. The summed E-state index contributed by atoms with van der Waals surface area (Å²) in [5, 5.41) is 5.76. The van der Waals surface area contributed by atoms with E-state index in [1.807, 2.05) is 24.3 Å². The number of carbonyl (C=O) groups is 3. The van der Waals surface area contributed by atoms with Crippen molar-refractivity contribution >= 4 is 45.0 Å². The van der Waals surface area contributed by atoms with Gasteiger partial charge < -0.3 is 25.6 Å². The summed E-state index contributed by atoms with van der Waals surface area (Å²) in [5.74, 6) is -0.851. The molecule has 3 saturated heterocycles. The van der Waals surface area contributed by atoms with Gasteiger partial charge >= 0.3 is 0 Å². The smallest absolute Gasteiger partial charge is 0.248 e. The van der Waals surface area contributed by atoms with E-state index in [-0.39, 0.29) is 30.1 Å². The number of carbonyl (C=O) groups excluding carboxylic acids is 3. The normalized spacial score (nSPS) is 21.2. The molecule has 0 aliphatic carbocycles. The van der Waals surface area contributed by atoms with Gasteiger partial charge in [0, 0.05) is 66.1 Å². The first-order valence-electron chi connectivity index (χ1n) is 13.8. The fraction of sp³-hybridized carbons (Fsp3) is 0.483. The fourth-order valence-corrected chi connectivity index (χ4v) is 6.22. The quantitative estimate of drug-likeness (QED) is 0.400. The van der Waals surface area contributed by atoms with E-state index in [2.05, 4.69) is 42.4 Å². The molecule has 3 amide bonds. The van der Waals surface area contributed by atoms with Gasteiger partial charge in [0.1, 0.15) is 0 Å². The number of piperidine rings is 3. The lowest BCUT2D eigenvalue weighted by Crippen LogP contribution is -2.50. The second-order valence-electron chi connectivity index (χ2n) is 10.5. The summed E-state index contributed by atoms with van der Waals surface area (Å²) in [6, 6.07) is 13.4. The molecule has 39 heavy (non-hydrogen) atoms. The highest BCUT2D eigenvalue weighted by Gasteiger charge is 2.29. The number of anilines is 2. The number of hydrogen-bond donors (Lipinski definition) is 3. The van der Waals surface area contributed by atoms with E-state index in [0.717, 1.165) is 67.6 Å². The number of hydrogen-bond acceptors (Lipinski definition) is 7. The summed E-state index contributed by atoms with van der Waals surface area (Å²) in [5.41, 5.74) is 9.29. The number of rotatable bonds is 8. The lowest BCUT2D eigenvalue weighted by molar-refractivity contribution is -0.134. The fourth-order valence-electron chi connectivity index (χ4n) is 5.72. The molecule has 0 bridgehead atoms. The molecular weight excluding hydrogens is 562 g/mol. The van der Waals surface area contributed by atoms with Gasteiger partial charge in [-0.2, -0.15) is 0 Å². The average molecular weight is 599 g/mol. The van der Waals surface area contributed by atoms with E-state index in [9.17, 15) is 14.4 Å². The first-order chi connectivity index (χ1) is 18.9. The van der Waals surface area contributed by atoms with Crippen LogP contribution in [0.15, 0.2) is 46.9 Å². The molecule has 4 N–H and O–H groups in total. The van der Waals surface area contributed by atoms with Crippen molar-refractivity contribution in [2.24, 2.45) is 5.73 Å². The van der Waals surface area contributed by atoms with Gasteiger partial charge in [-0.05, 0) is 68.5 Å². The van der Waals surface area contributed by atoms with E-state index < -0.39 is 5.91 Å². The Kier molecular flexibility index (Phi) is 8.84. The highest BCUT2D eigenvalue weighted by atomic mass is 79.9. The number of nitrogens with zero attached hydrogens (tertiary/aromatic N) is 2. The summed E-state index contributed by atoms with van der Waals surface area (Å²) < 4.78 is 7.55. The molecular formula is C29H36BrN5O4. The number of halogens is 1. The Bertz CT molecular complexity index is 1190. The van der Waals surface area contributed by atoms with E-state index in [0.29, 0.717) is 24.9 Å². The number of imide groups is 1. The van der Waals surface area contributed by atoms with E-state index in [1.54, 1.807) is 12.1 Å². The number of ether oxygens (including phenoxy) is 1. The Labute approximate surface area is 237 Å². The van der Waals surface area contributed by atoms with Crippen LogP contribution >= 0.6 is 15.9 Å². The maximum absolute atomic E-state index is 12.2. The van der Waals surface area contributed by atoms with Crippen LogP contribution < -0.4 is 26.2 Å². The van der Waals surface area contributed by atoms with Crippen LogP contribution in [-0.2, 0) is 20.9 Å². The van der Waals surface area contributed by atoms with Crippen LogP contribution in [0.3, 0.4) is 0 Å². The van der Waals surface area contributed by atoms with Crippen LogP contribution in [0.5, 0.6) is 0 Å². The average Bonchev–Trinajstić information content (AvgIpc) is 2.94. The van der Waals surface area contributed by atoms with Crippen molar-refractivity contribution in [3.63, 3.8) is 0 Å². The van der Waals surface area contributed by atoms with Gasteiger partial charge in [0.15, 0.2) is 0 Å². The molecule has 0 aromatic heterocycles. The van der Waals surface area contributed by atoms with Crippen LogP contribution in [0.2, 0.25) is 0 Å². The summed E-state index contributed by atoms with van der Waals surface area (Å²) >= 11 is 3.70. The van der Waals surface area contributed by atoms with Crippen molar-refractivity contribution in [3.8, 4) is 0 Å². The first-order valence-corrected chi connectivity index (χ1v) is 14.6. The molecule has 1 unspecified atom stereocenters. The zero-order chi connectivity index (χ0) is 27.4. The van der Waals surface area contributed by atoms with Gasteiger partial charge in [0.05, 0.1) is 18.2 Å². The Morgan fingerprint density at radius 1 is 0.949 bits per heavy atom. The maximum atomic E-state index is 12.2. The van der Waals surface area contributed by atoms with Gasteiger partial charge in [0.25, 0.3) is 0 Å². The Balaban J connectivity index is 1.10. The number of nitrogens with one attached hydrogen (secondary N) is 2. The van der Waals surface area contributed by atoms with Crippen molar-refractivity contribution in [1.82, 2.24) is 10.6 Å². The lowest BCUT2D eigenvalue weighted by atomic mass is 10.0. The summed E-state index contributed by atoms with van der Waals surface area (Å²) in [7, 11) is 0. The Hall–Kier alpha value is -2.95. The topological polar surface area (TPSA) is 117 Å². The van der Waals surface area contributed by atoms with E-state index in [4.69, 9.17) is 10.5 Å². The Morgan fingerprint density at radius 2 is 1.59 bits per heavy atom. The van der Waals surface area contributed by atoms with Crippen LogP contribution in [0.4, 0.5) is 11.4 Å². The summed E-state index contributed by atoms with van der Waals surface area (Å²) in [6.45, 7) is 4.24. The molecule has 208 valence electrons. The SMILES string of the molecule is NC(=O)c1ccc(N2CCC(OC3CCN(c4cccc(Br)c4CNC4CCC(=O)NC4=O)CC3)CC2)cc1. The summed E-state index contributed by atoms with van der Waals surface area (Å²) in [6.07, 6.45) is 5.32. The molecule has 2 aromatic rings. The third kappa shape index (κ3) is 6.80. The second-order valence-corrected chi connectivity index (χ2v) is 11.4. The molecule has 0 spiro atoms. The van der Waals surface area contributed by atoms with Gasteiger partial charge in [-0.1, -0.05) is 22.0 Å². The third-order valence-corrected chi connectivity index (χ3v) is 8.73. The van der Waals surface area contributed by atoms with Crippen molar-refractivity contribution in [2.45, 2.75) is 63.3 Å². The van der Waals surface area contributed by atoms with Gasteiger partial charge in [-0.25, -0.2) is 0 Å². The zero-order valence-electron chi connectivity index (χ0n) is 22.0. The number of benzene rings is 2. The van der Waals surface area contributed by atoms with Gasteiger partial charge in [-0.15, -0.1) is 0 Å². The number of nitrogens with two attached hydrogens (primary N) is 1. The minimum absolute atomic E-state index is 0.202. The highest BCUT2D eigenvalue weighted by Crippen LogP contribution is 2.32. The Morgan fingerprint density at radius 3 is 2.21 bits per heavy atom. The molecule has 0 radical (unpaired) electrons. The van der Waals surface area contributed by atoms with Crippen LogP contribution in [0, 0.1) is 0 Å². The minimum atomic E-state index is -0.403. The second kappa shape index (κ2) is 12.5. The van der Waals surface area contributed by atoms with Crippen LogP contribution in [-0.4, -0.2) is 62.2 Å². The predicted octanol–water partition coefficient (Wildman–Crippen LogP) is 3.10. The largest absolute Gasteiger partial charge is 0.375 e. The molecule has 10 heteroatoms. The molecule has 3 aliphatic heterocycles. The molecule has 5 rings (SSSR count). The minimum Gasteiger partial charge on any atom is -0.375 e. The predicted molar refractivity (Wildman–Crippen MR) is 154 cm³/mol. The zero-order valence-corrected chi connectivity index (χ0v) is 23.6. The maximum Gasteiger partial charge on any atom is 0.248 e.